The highest BCUT2D eigenvalue weighted by Gasteiger charge is 2.37. The Morgan fingerprint density at radius 3 is 2.52 bits per heavy atom. The van der Waals surface area contributed by atoms with E-state index in [1.54, 1.807) is 0 Å². The van der Waals surface area contributed by atoms with E-state index in [4.69, 9.17) is 11.6 Å². The Hall–Kier alpha value is -2.00. The van der Waals surface area contributed by atoms with E-state index in [1.165, 1.54) is 16.4 Å². The monoisotopic (exact) mass is 411 g/mol. The maximum Gasteiger partial charge on any atom is 0.282 e. The van der Waals surface area contributed by atoms with Gasteiger partial charge >= 0.3 is 0 Å². The minimum Gasteiger partial charge on any atom is -0.351 e. The van der Waals surface area contributed by atoms with E-state index in [0.29, 0.717) is 12.1 Å². The fourth-order valence-corrected chi connectivity index (χ4v) is 4.55. The molecular weight excluding hydrogens is 393 g/mol. The molecule has 0 radical (unpaired) electrons. The molecule has 9 heteroatoms. The second-order valence-electron chi connectivity index (χ2n) is 6.17. The van der Waals surface area contributed by atoms with Crippen LogP contribution in [-0.4, -0.2) is 42.6 Å². The summed E-state index contributed by atoms with van der Waals surface area (Å²) in [6.45, 7) is 0.566. The lowest BCUT2D eigenvalue weighted by molar-refractivity contribution is -0.121. The summed E-state index contributed by atoms with van der Waals surface area (Å²) in [6, 6.07) is 13.2. The molecule has 0 saturated carbocycles. The molecule has 144 valence electrons. The molecule has 0 unspecified atom stereocenters. The first kappa shape index (κ1) is 19.8. The van der Waals surface area contributed by atoms with Crippen LogP contribution in [0.15, 0.2) is 48.5 Å². The molecule has 0 spiro atoms. The van der Waals surface area contributed by atoms with Crippen LogP contribution in [0.1, 0.15) is 11.1 Å². The molecule has 1 heterocycles. The number of benzene rings is 2. The maximum absolute atomic E-state index is 13.1. The largest absolute Gasteiger partial charge is 0.351 e. The Morgan fingerprint density at radius 1 is 1.11 bits per heavy atom. The van der Waals surface area contributed by atoms with Crippen molar-refractivity contribution in [2.45, 2.75) is 13.1 Å². The predicted octanol–water partition coefficient (Wildman–Crippen LogP) is 2.16. The van der Waals surface area contributed by atoms with Gasteiger partial charge in [0, 0.05) is 31.2 Å². The van der Waals surface area contributed by atoms with Gasteiger partial charge in [0.05, 0.1) is 6.54 Å². The Morgan fingerprint density at radius 2 is 1.81 bits per heavy atom. The van der Waals surface area contributed by atoms with E-state index in [-0.39, 0.29) is 37.1 Å². The lowest BCUT2D eigenvalue weighted by Crippen LogP contribution is -2.40. The van der Waals surface area contributed by atoms with Crippen molar-refractivity contribution in [3.05, 3.63) is 70.5 Å². The molecule has 27 heavy (non-hydrogen) atoms. The first-order chi connectivity index (χ1) is 12.9. The minimum absolute atomic E-state index is 0.0313. The van der Waals surface area contributed by atoms with Gasteiger partial charge in [-0.25, -0.2) is 4.39 Å². The number of carbonyl (C=O) groups excluding carboxylic acids is 1. The molecule has 0 bridgehead atoms. The number of nitrogens with one attached hydrogen (secondary N) is 1. The Bertz CT molecular complexity index is 925. The van der Waals surface area contributed by atoms with Gasteiger partial charge in [-0.3, -0.25) is 4.79 Å². The first-order valence-electron chi connectivity index (χ1n) is 8.36. The summed E-state index contributed by atoms with van der Waals surface area (Å²) < 4.78 is 40.8. The second kappa shape index (κ2) is 8.35. The van der Waals surface area contributed by atoms with Gasteiger partial charge in [-0.15, -0.1) is 0 Å². The van der Waals surface area contributed by atoms with Crippen LogP contribution in [0.2, 0.25) is 5.02 Å². The number of hydrogen-bond acceptors (Lipinski definition) is 3. The number of rotatable bonds is 6. The van der Waals surface area contributed by atoms with Crippen LogP contribution in [0.3, 0.4) is 0 Å². The van der Waals surface area contributed by atoms with E-state index in [0.717, 1.165) is 15.9 Å². The van der Waals surface area contributed by atoms with E-state index < -0.39 is 16.0 Å². The molecular formula is C18H19ClFN3O3S. The predicted molar refractivity (Wildman–Crippen MR) is 101 cm³/mol. The average Bonchev–Trinajstić information content (AvgIpc) is 2.90. The van der Waals surface area contributed by atoms with Crippen LogP contribution in [-0.2, 0) is 28.1 Å². The number of hydrogen-bond donors (Lipinski definition) is 1. The van der Waals surface area contributed by atoms with Gasteiger partial charge in [0.1, 0.15) is 5.82 Å². The van der Waals surface area contributed by atoms with Crippen molar-refractivity contribution in [1.29, 1.82) is 0 Å². The molecule has 6 nitrogen and oxygen atoms in total. The Labute approximate surface area is 162 Å². The minimum atomic E-state index is -3.78. The summed E-state index contributed by atoms with van der Waals surface area (Å²) in [4.78, 5) is 12.1. The number of nitrogens with zero attached hydrogens (tertiary/aromatic N) is 2. The second-order valence-corrected chi connectivity index (χ2v) is 8.51. The molecule has 1 saturated heterocycles. The number of amides is 1. The van der Waals surface area contributed by atoms with Gasteiger partial charge in [-0.1, -0.05) is 48.0 Å². The number of carbonyl (C=O) groups is 1. The molecule has 2 aromatic carbocycles. The fraction of sp³-hybridized carbons (Fsp3) is 0.278. The van der Waals surface area contributed by atoms with Crippen LogP contribution in [0.4, 0.5) is 4.39 Å². The molecule has 1 aliphatic rings. The maximum atomic E-state index is 13.1. The normalized spacial score (nSPS) is 17.1. The summed E-state index contributed by atoms with van der Waals surface area (Å²) in [5.74, 6) is -0.853. The van der Waals surface area contributed by atoms with Gasteiger partial charge in [-0.05, 0) is 23.3 Å². The molecule has 2 aromatic rings. The van der Waals surface area contributed by atoms with Crippen LogP contribution in [0.5, 0.6) is 0 Å². The highest BCUT2D eigenvalue weighted by atomic mass is 35.5. The van der Waals surface area contributed by atoms with Gasteiger partial charge in [0.25, 0.3) is 10.2 Å². The summed E-state index contributed by atoms with van der Waals surface area (Å²) in [5, 5.41) is 2.89. The van der Waals surface area contributed by atoms with Crippen molar-refractivity contribution in [2.24, 2.45) is 0 Å². The third-order valence-corrected chi connectivity index (χ3v) is 6.55. The third kappa shape index (κ3) is 4.84. The average molecular weight is 412 g/mol. The zero-order valence-corrected chi connectivity index (χ0v) is 16.0. The van der Waals surface area contributed by atoms with E-state index in [9.17, 15) is 17.6 Å². The van der Waals surface area contributed by atoms with Gasteiger partial charge < -0.3 is 5.32 Å². The third-order valence-electron chi connectivity index (χ3n) is 4.27. The quantitative estimate of drug-likeness (QED) is 0.791. The highest BCUT2D eigenvalue weighted by molar-refractivity contribution is 7.87. The lowest BCUT2D eigenvalue weighted by atomic mass is 10.2. The molecule has 1 N–H and O–H groups in total. The SMILES string of the molecule is O=C(CN1CCN(Cc2ccc(F)cc2Cl)S1(=O)=O)NCc1ccccc1. The standard InChI is InChI=1S/C18H19ClFN3O3S/c19-17-10-16(20)7-6-15(17)12-22-8-9-23(27(22,25)26)13-18(24)21-11-14-4-2-1-3-5-14/h1-7,10H,8-9,11-13H2,(H,21,24). The lowest BCUT2D eigenvalue weighted by Gasteiger charge is -2.19. The molecule has 0 atom stereocenters. The molecule has 0 aliphatic carbocycles. The van der Waals surface area contributed by atoms with Gasteiger partial charge in [0.2, 0.25) is 5.91 Å². The van der Waals surface area contributed by atoms with Crippen molar-refractivity contribution < 1.29 is 17.6 Å². The van der Waals surface area contributed by atoms with E-state index in [2.05, 4.69) is 5.32 Å². The Kier molecular flexibility index (Phi) is 6.11. The summed E-state index contributed by atoms with van der Waals surface area (Å²) in [7, 11) is -3.78. The van der Waals surface area contributed by atoms with Crippen LogP contribution < -0.4 is 5.32 Å². The zero-order valence-electron chi connectivity index (χ0n) is 14.4. The van der Waals surface area contributed by atoms with Crippen molar-refractivity contribution in [3.8, 4) is 0 Å². The van der Waals surface area contributed by atoms with E-state index in [1.807, 2.05) is 30.3 Å². The van der Waals surface area contributed by atoms with E-state index >= 15 is 0 Å². The molecule has 1 amide bonds. The smallest absolute Gasteiger partial charge is 0.282 e. The van der Waals surface area contributed by atoms with Gasteiger partial charge in [-0.2, -0.15) is 17.0 Å². The van der Waals surface area contributed by atoms with Crippen LogP contribution in [0.25, 0.3) is 0 Å². The molecule has 0 aromatic heterocycles. The fourth-order valence-electron chi connectivity index (χ4n) is 2.79. The van der Waals surface area contributed by atoms with Gasteiger partial charge in [0.15, 0.2) is 0 Å². The van der Waals surface area contributed by atoms with Crippen LogP contribution >= 0.6 is 11.6 Å². The molecule has 3 rings (SSSR count). The number of halogens is 2. The summed E-state index contributed by atoms with van der Waals surface area (Å²) >= 11 is 5.98. The zero-order chi connectivity index (χ0) is 19.4. The Balaban J connectivity index is 1.59. The highest BCUT2D eigenvalue weighted by Crippen LogP contribution is 2.24. The first-order valence-corrected chi connectivity index (χ1v) is 10.1. The summed E-state index contributed by atoms with van der Waals surface area (Å²) in [5.41, 5.74) is 1.44. The molecule has 1 fully saturated rings. The van der Waals surface area contributed by atoms with Crippen molar-refractivity contribution in [3.63, 3.8) is 0 Å². The van der Waals surface area contributed by atoms with Crippen molar-refractivity contribution in [2.75, 3.05) is 19.6 Å². The van der Waals surface area contributed by atoms with Crippen molar-refractivity contribution in [1.82, 2.24) is 13.9 Å². The van der Waals surface area contributed by atoms with Crippen LogP contribution in [0, 0.1) is 5.82 Å². The van der Waals surface area contributed by atoms with Crippen molar-refractivity contribution >= 4 is 27.7 Å². The summed E-state index contributed by atoms with van der Waals surface area (Å²) in [6.07, 6.45) is 0. The molecule has 1 aliphatic heterocycles. The topological polar surface area (TPSA) is 69.7 Å².